The van der Waals surface area contributed by atoms with E-state index in [9.17, 15) is 4.79 Å². The minimum Gasteiger partial charge on any atom is -0.465 e. The zero-order chi connectivity index (χ0) is 8.55. The second-order valence-corrected chi connectivity index (χ2v) is 2.81. The minimum atomic E-state index is -0.859. The number of nitrogens with one attached hydrogen (secondary N) is 1. The van der Waals surface area contributed by atoms with E-state index in [1.165, 1.54) is 4.90 Å². The molecule has 1 amide bonds. The third-order valence-electron chi connectivity index (χ3n) is 2.06. The van der Waals surface area contributed by atoms with Gasteiger partial charge in [0, 0.05) is 24.7 Å². The highest BCUT2D eigenvalue weighted by atomic mass is 16.4. The summed E-state index contributed by atoms with van der Waals surface area (Å²) in [4.78, 5) is 12.0. The van der Waals surface area contributed by atoms with Crippen molar-refractivity contribution < 1.29 is 9.90 Å². The van der Waals surface area contributed by atoms with Gasteiger partial charge in [-0.1, -0.05) is 0 Å². The Hall–Kier alpha value is -1.52. The first-order valence-corrected chi connectivity index (χ1v) is 3.77. The van der Waals surface area contributed by atoms with Crippen LogP contribution in [0, 0.1) is 0 Å². The van der Waals surface area contributed by atoms with E-state index in [1.54, 1.807) is 6.20 Å². The van der Waals surface area contributed by atoms with E-state index < -0.39 is 6.09 Å². The maximum absolute atomic E-state index is 10.6. The van der Waals surface area contributed by atoms with Crippen molar-refractivity contribution >= 4 is 6.09 Å². The molecule has 1 aromatic rings. The molecular weight excluding hydrogens is 158 g/mol. The first kappa shape index (κ1) is 7.15. The number of rotatable bonds is 0. The largest absolute Gasteiger partial charge is 0.465 e. The topological polar surface area (TPSA) is 69.2 Å². The Morgan fingerprint density at radius 2 is 2.58 bits per heavy atom. The number of hydrogen-bond donors (Lipinski definition) is 2. The molecule has 0 saturated carbocycles. The lowest BCUT2D eigenvalue weighted by atomic mass is 10.1. The van der Waals surface area contributed by atoms with E-state index in [-0.39, 0.29) is 0 Å². The first-order valence-electron chi connectivity index (χ1n) is 3.77. The maximum atomic E-state index is 10.6. The predicted molar refractivity (Wildman–Crippen MR) is 40.7 cm³/mol. The molecule has 0 aromatic carbocycles. The molecule has 0 fully saturated rings. The van der Waals surface area contributed by atoms with Gasteiger partial charge in [-0.25, -0.2) is 4.79 Å². The summed E-state index contributed by atoms with van der Waals surface area (Å²) < 4.78 is 0. The molecule has 0 aliphatic carbocycles. The molecule has 2 N–H and O–H groups in total. The number of H-pyrrole nitrogens is 1. The fourth-order valence-electron chi connectivity index (χ4n) is 1.39. The van der Waals surface area contributed by atoms with Gasteiger partial charge in [0.1, 0.15) is 0 Å². The summed E-state index contributed by atoms with van der Waals surface area (Å²) in [5.41, 5.74) is 1.98. The summed E-state index contributed by atoms with van der Waals surface area (Å²) in [7, 11) is 0. The Balaban J connectivity index is 2.20. The number of carbonyl (C=O) groups is 1. The zero-order valence-corrected chi connectivity index (χ0v) is 6.45. The Morgan fingerprint density at radius 1 is 1.75 bits per heavy atom. The van der Waals surface area contributed by atoms with Crippen LogP contribution in [0.4, 0.5) is 4.79 Å². The second kappa shape index (κ2) is 2.51. The standard InChI is InChI=1S/C7H9N3O2/c11-7(12)10-2-1-6-5(4-10)3-8-9-6/h3H,1-2,4H2,(H,8,9)(H,11,12). The lowest BCUT2D eigenvalue weighted by Gasteiger charge is -2.22. The van der Waals surface area contributed by atoms with Gasteiger partial charge < -0.3 is 10.0 Å². The molecule has 0 radical (unpaired) electrons. The highest BCUT2D eigenvalue weighted by molar-refractivity contribution is 5.65. The number of aromatic nitrogens is 2. The molecule has 0 spiro atoms. The average Bonchev–Trinajstić information content (AvgIpc) is 2.49. The van der Waals surface area contributed by atoms with Gasteiger partial charge in [0.2, 0.25) is 0 Å². The number of fused-ring (bicyclic) bond motifs is 1. The summed E-state index contributed by atoms with van der Waals surface area (Å²) in [6.07, 6.45) is 1.61. The summed E-state index contributed by atoms with van der Waals surface area (Å²) in [5, 5.41) is 15.4. The third kappa shape index (κ3) is 1.03. The SMILES string of the molecule is O=C(O)N1CCc2n[nH]cc2C1. The van der Waals surface area contributed by atoms with Crippen molar-refractivity contribution in [2.75, 3.05) is 6.54 Å². The first-order chi connectivity index (χ1) is 5.77. The number of nitrogens with zero attached hydrogens (tertiary/aromatic N) is 2. The predicted octanol–water partition coefficient (Wildman–Crippen LogP) is 0.446. The van der Waals surface area contributed by atoms with Crippen LogP contribution in [0.2, 0.25) is 0 Å². The van der Waals surface area contributed by atoms with E-state index in [1.807, 2.05) is 0 Å². The van der Waals surface area contributed by atoms with Crippen molar-refractivity contribution in [1.82, 2.24) is 15.1 Å². The van der Waals surface area contributed by atoms with Crippen molar-refractivity contribution in [3.8, 4) is 0 Å². The molecule has 1 aliphatic rings. The molecular formula is C7H9N3O2. The van der Waals surface area contributed by atoms with Crippen LogP contribution in [0.3, 0.4) is 0 Å². The van der Waals surface area contributed by atoms with Crippen molar-refractivity contribution in [3.05, 3.63) is 17.5 Å². The zero-order valence-electron chi connectivity index (χ0n) is 6.45. The normalized spacial score (nSPS) is 15.8. The molecule has 1 aromatic heterocycles. The summed E-state index contributed by atoms with van der Waals surface area (Å²) in [5.74, 6) is 0. The molecule has 1 aliphatic heterocycles. The molecule has 64 valence electrons. The van der Waals surface area contributed by atoms with Crippen LogP contribution in [0.1, 0.15) is 11.3 Å². The van der Waals surface area contributed by atoms with Crippen LogP contribution < -0.4 is 0 Å². The maximum Gasteiger partial charge on any atom is 0.407 e. The number of hydrogen-bond acceptors (Lipinski definition) is 2. The van der Waals surface area contributed by atoms with Crippen LogP contribution in [0.15, 0.2) is 6.20 Å². The van der Waals surface area contributed by atoms with Crippen LogP contribution in [-0.2, 0) is 13.0 Å². The van der Waals surface area contributed by atoms with Gasteiger partial charge in [-0.05, 0) is 0 Å². The van der Waals surface area contributed by atoms with E-state index in [0.29, 0.717) is 19.5 Å². The quantitative estimate of drug-likeness (QED) is 0.589. The van der Waals surface area contributed by atoms with Gasteiger partial charge in [0.15, 0.2) is 0 Å². The summed E-state index contributed by atoms with van der Waals surface area (Å²) in [6.45, 7) is 1.01. The number of carboxylic acid groups (broad SMARTS) is 1. The molecule has 12 heavy (non-hydrogen) atoms. The Morgan fingerprint density at radius 3 is 3.33 bits per heavy atom. The van der Waals surface area contributed by atoms with E-state index in [2.05, 4.69) is 10.2 Å². The molecule has 2 heterocycles. The fraction of sp³-hybridized carbons (Fsp3) is 0.429. The van der Waals surface area contributed by atoms with E-state index in [4.69, 9.17) is 5.11 Å². The summed E-state index contributed by atoms with van der Waals surface area (Å²) in [6, 6.07) is 0. The smallest absolute Gasteiger partial charge is 0.407 e. The Bertz CT molecular complexity index is 307. The highest BCUT2D eigenvalue weighted by Gasteiger charge is 2.20. The van der Waals surface area contributed by atoms with Gasteiger partial charge >= 0.3 is 6.09 Å². The Labute approximate surface area is 69.0 Å². The lowest BCUT2D eigenvalue weighted by Crippen LogP contribution is -2.34. The van der Waals surface area contributed by atoms with Crippen LogP contribution in [0.25, 0.3) is 0 Å². The van der Waals surface area contributed by atoms with Crippen LogP contribution in [0.5, 0.6) is 0 Å². The monoisotopic (exact) mass is 167 g/mol. The molecule has 5 heteroatoms. The number of amides is 1. The van der Waals surface area contributed by atoms with Gasteiger partial charge in [0.25, 0.3) is 0 Å². The highest BCUT2D eigenvalue weighted by Crippen LogP contribution is 2.15. The molecule has 5 nitrogen and oxygen atoms in total. The van der Waals surface area contributed by atoms with E-state index >= 15 is 0 Å². The van der Waals surface area contributed by atoms with Gasteiger partial charge in [0.05, 0.1) is 12.2 Å². The van der Waals surface area contributed by atoms with Gasteiger partial charge in [-0.2, -0.15) is 5.10 Å². The van der Waals surface area contributed by atoms with Crippen molar-refractivity contribution in [2.45, 2.75) is 13.0 Å². The lowest BCUT2D eigenvalue weighted by molar-refractivity contribution is 0.140. The second-order valence-electron chi connectivity index (χ2n) is 2.81. The fourth-order valence-corrected chi connectivity index (χ4v) is 1.39. The van der Waals surface area contributed by atoms with Crippen LogP contribution >= 0.6 is 0 Å². The van der Waals surface area contributed by atoms with Crippen LogP contribution in [-0.4, -0.2) is 32.8 Å². The summed E-state index contributed by atoms with van der Waals surface area (Å²) >= 11 is 0. The molecule has 0 bridgehead atoms. The van der Waals surface area contributed by atoms with E-state index in [0.717, 1.165) is 11.3 Å². The number of aromatic amines is 1. The van der Waals surface area contributed by atoms with Crippen molar-refractivity contribution in [1.29, 1.82) is 0 Å². The molecule has 0 unspecified atom stereocenters. The van der Waals surface area contributed by atoms with Crippen molar-refractivity contribution in [3.63, 3.8) is 0 Å². The third-order valence-corrected chi connectivity index (χ3v) is 2.06. The Kier molecular flexibility index (Phi) is 1.49. The molecule has 0 atom stereocenters. The molecule has 2 rings (SSSR count). The van der Waals surface area contributed by atoms with Gasteiger partial charge in [-0.15, -0.1) is 0 Å². The minimum absolute atomic E-state index is 0.459. The van der Waals surface area contributed by atoms with Gasteiger partial charge in [-0.3, -0.25) is 5.10 Å². The molecule has 0 saturated heterocycles. The average molecular weight is 167 g/mol. The van der Waals surface area contributed by atoms with Crippen molar-refractivity contribution in [2.24, 2.45) is 0 Å².